The number of rotatable bonds is 9. The Morgan fingerprint density at radius 2 is 1.76 bits per heavy atom. The molecule has 124 valence electrons. The molecule has 21 heavy (non-hydrogen) atoms. The molecule has 4 nitrogen and oxygen atoms in total. The van der Waals surface area contributed by atoms with E-state index in [4.69, 9.17) is 9.47 Å². The van der Waals surface area contributed by atoms with E-state index in [-0.39, 0.29) is 0 Å². The van der Waals surface area contributed by atoms with Gasteiger partial charge in [-0.25, -0.2) is 0 Å². The number of ether oxygens (including phenoxy) is 2. The van der Waals surface area contributed by atoms with Gasteiger partial charge in [0.25, 0.3) is 0 Å². The maximum absolute atomic E-state index is 9.95. The molecule has 0 amide bonds. The van der Waals surface area contributed by atoms with Crippen molar-refractivity contribution in [3.8, 4) is 0 Å². The first-order valence-electron chi connectivity index (χ1n) is 8.87. The molecule has 3 atom stereocenters. The van der Waals surface area contributed by atoms with Gasteiger partial charge in [0.1, 0.15) is 0 Å². The zero-order valence-electron chi connectivity index (χ0n) is 13.6. The highest BCUT2D eigenvalue weighted by atomic mass is 16.5. The topological polar surface area (TPSA) is 50.7 Å². The SMILES string of the molecule is CC1CCCCC1OCC(O)CNCCOC1CCCC1. The molecule has 4 heteroatoms. The van der Waals surface area contributed by atoms with Crippen LogP contribution in [0.25, 0.3) is 0 Å². The van der Waals surface area contributed by atoms with Crippen molar-refractivity contribution in [1.82, 2.24) is 5.32 Å². The normalized spacial score (nSPS) is 28.9. The van der Waals surface area contributed by atoms with Crippen LogP contribution in [0.4, 0.5) is 0 Å². The maximum Gasteiger partial charge on any atom is 0.0897 e. The van der Waals surface area contributed by atoms with Crippen LogP contribution in [-0.2, 0) is 9.47 Å². The summed E-state index contributed by atoms with van der Waals surface area (Å²) in [7, 11) is 0. The van der Waals surface area contributed by atoms with Crippen LogP contribution in [0.3, 0.4) is 0 Å². The van der Waals surface area contributed by atoms with Crippen molar-refractivity contribution in [1.29, 1.82) is 0 Å². The molecule has 0 aromatic carbocycles. The summed E-state index contributed by atoms with van der Waals surface area (Å²) in [5, 5.41) is 13.2. The van der Waals surface area contributed by atoms with Crippen molar-refractivity contribution in [2.45, 2.75) is 76.6 Å². The van der Waals surface area contributed by atoms with Gasteiger partial charge in [-0.05, 0) is 31.6 Å². The fourth-order valence-corrected chi connectivity index (χ4v) is 3.44. The molecule has 0 bridgehead atoms. The molecule has 2 fully saturated rings. The number of aliphatic hydroxyl groups excluding tert-OH is 1. The van der Waals surface area contributed by atoms with Crippen LogP contribution in [0, 0.1) is 5.92 Å². The number of aliphatic hydroxyl groups is 1. The van der Waals surface area contributed by atoms with Gasteiger partial charge in [0.15, 0.2) is 0 Å². The summed E-state index contributed by atoms with van der Waals surface area (Å²) in [5.74, 6) is 0.638. The van der Waals surface area contributed by atoms with Crippen molar-refractivity contribution < 1.29 is 14.6 Å². The molecule has 2 aliphatic carbocycles. The van der Waals surface area contributed by atoms with E-state index in [1.54, 1.807) is 0 Å². The van der Waals surface area contributed by atoms with Crippen LogP contribution in [0.5, 0.6) is 0 Å². The third-order valence-corrected chi connectivity index (χ3v) is 4.85. The molecule has 3 unspecified atom stereocenters. The van der Waals surface area contributed by atoms with E-state index >= 15 is 0 Å². The Balaban J connectivity index is 1.44. The van der Waals surface area contributed by atoms with Crippen LogP contribution in [0.2, 0.25) is 0 Å². The molecule has 0 radical (unpaired) electrons. The fourth-order valence-electron chi connectivity index (χ4n) is 3.44. The Bertz CT molecular complexity index is 269. The third kappa shape index (κ3) is 6.64. The first-order valence-corrected chi connectivity index (χ1v) is 8.87. The quantitative estimate of drug-likeness (QED) is 0.642. The molecular weight excluding hydrogens is 266 g/mol. The highest BCUT2D eigenvalue weighted by Crippen LogP contribution is 2.26. The van der Waals surface area contributed by atoms with Crippen molar-refractivity contribution >= 4 is 0 Å². The predicted molar refractivity (Wildman–Crippen MR) is 84.5 cm³/mol. The molecule has 0 aromatic rings. The summed E-state index contributed by atoms with van der Waals surface area (Å²) in [4.78, 5) is 0. The monoisotopic (exact) mass is 299 g/mol. The molecular formula is C17H33NO3. The van der Waals surface area contributed by atoms with Crippen molar-refractivity contribution in [3.05, 3.63) is 0 Å². The van der Waals surface area contributed by atoms with Crippen LogP contribution >= 0.6 is 0 Å². The Labute approximate surface area is 129 Å². The highest BCUT2D eigenvalue weighted by molar-refractivity contribution is 4.73. The second-order valence-electron chi connectivity index (χ2n) is 6.77. The zero-order valence-corrected chi connectivity index (χ0v) is 13.6. The average Bonchev–Trinajstić information content (AvgIpc) is 2.99. The van der Waals surface area contributed by atoms with E-state index < -0.39 is 6.10 Å². The van der Waals surface area contributed by atoms with Crippen molar-refractivity contribution in [2.75, 3.05) is 26.3 Å². The van der Waals surface area contributed by atoms with Gasteiger partial charge in [-0.1, -0.05) is 32.6 Å². The summed E-state index contributed by atoms with van der Waals surface area (Å²) in [6.07, 6.45) is 10.5. The molecule has 2 N–H and O–H groups in total. The number of nitrogens with one attached hydrogen (secondary N) is 1. The Morgan fingerprint density at radius 3 is 2.52 bits per heavy atom. The minimum atomic E-state index is -0.411. The van der Waals surface area contributed by atoms with Gasteiger partial charge in [0.05, 0.1) is 31.5 Å². The molecule has 2 rings (SSSR count). The number of hydrogen-bond donors (Lipinski definition) is 2. The summed E-state index contributed by atoms with van der Waals surface area (Å²) < 4.78 is 11.7. The smallest absolute Gasteiger partial charge is 0.0897 e. The first-order chi connectivity index (χ1) is 10.3. The van der Waals surface area contributed by atoms with Crippen molar-refractivity contribution in [2.24, 2.45) is 5.92 Å². The van der Waals surface area contributed by atoms with E-state index in [1.807, 2.05) is 0 Å². The van der Waals surface area contributed by atoms with Gasteiger partial charge in [-0.2, -0.15) is 0 Å². The van der Waals surface area contributed by atoms with E-state index in [0.717, 1.165) is 19.6 Å². The lowest BCUT2D eigenvalue weighted by atomic mass is 9.88. The predicted octanol–water partition coefficient (Wildman–Crippen LogP) is 2.49. The fraction of sp³-hybridized carbons (Fsp3) is 1.00. The second kappa shape index (κ2) is 9.78. The van der Waals surface area contributed by atoms with Crippen LogP contribution in [0.15, 0.2) is 0 Å². The summed E-state index contributed by atoms with van der Waals surface area (Å²) in [6.45, 7) is 4.86. The number of hydrogen-bond acceptors (Lipinski definition) is 4. The standard InChI is InChI=1S/C17H33NO3/c1-14-6-2-5-9-17(14)21-13-15(19)12-18-10-11-20-16-7-3-4-8-16/h14-19H,2-13H2,1H3. The van der Waals surface area contributed by atoms with Crippen LogP contribution in [-0.4, -0.2) is 49.7 Å². The molecule has 2 aliphatic rings. The molecule has 0 heterocycles. The Hall–Kier alpha value is -0.160. The zero-order chi connectivity index (χ0) is 14.9. The van der Waals surface area contributed by atoms with Gasteiger partial charge in [0.2, 0.25) is 0 Å². The second-order valence-corrected chi connectivity index (χ2v) is 6.77. The largest absolute Gasteiger partial charge is 0.389 e. The molecule has 0 aromatic heterocycles. The molecule has 0 aliphatic heterocycles. The van der Waals surface area contributed by atoms with E-state index in [1.165, 1.54) is 44.9 Å². The minimum absolute atomic E-state index is 0.346. The molecule has 2 saturated carbocycles. The molecule has 0 spiro atoms. The Morgan fingerprint density at radius 1 is 1.05 bits per heavy atom. The van der Waals surface area contributed by atoms with Crippen molar-refractivity contribution in [3.63, 3.8) is 0 Å². The first kappa shape index (κ1) is 17.2. The lowest BCUT2D eigenvalue weighted by Gasteiger charge is -2.29. The lowest BCUT2D eigenvalue weighted by molar-refractivity contribution is -0.0455. The van der Waals surface area contributed by atoms with Gasteiger partial charge in [0, 0.05) is 13.1 Å². The van der Waals surface area contributed by atoms with Crippen LogP contribution in [0.1, 0.15) is 58.3 Å². The summed E-state index contributed by atoms with van der Waals surface area (Å²) >= 11 is 0. The average molecular weight is 299 g/mol. The highest BCUT2D eigenvalue weighted by Gasteiger charge is 2.22. The Kier molecular flexibility index (Phi) is 8.01. The van der Waals surface area contributed by atoms with E-state index in [0.29, 0.717) is 31.3 Å². The third-order valence-electron chi connectivity index (χ3n) is 4.85. The van der Waals surface area contributed by atoms with Gasteiger partial charge >= 0.3 is 0 Å². The van der Waals surface area contributed by atoms with E-state index in [2.05, 4.69) is 12.2 Å². The van der Waals surface area contributed by atoms with Gasteiger partial charge in [-0.15, -0.1) is 0 Å². The van der Waals surface area contributed by atoms with Gasteiger partial charge in [-0.3, -0.25) is 0 Å². The van der Waals surface area contributed by atoms with E-state index in [9.17, 15) is 5.11 Å². The lowest BCUT2D eigenvalue weighted by Crippen LogP contribution is -2.35. The summed E-state index contributed by atoms with van der Waals surface area (Å²) in [5.41, 5.74) is 0. The van der Waals surface area contributed by atoms with Gasteiger partial charge < -0.3 is 19.9 Å². The maximum atomic E-state index is 9.95. The van der Waals surface area contributed by atoms with Crippen LogP contribution < -0.4 is 5.32 Å². The molecule has 0 saturated heterocycles. The summed E-state index contributed by atoms with van der Waals surface area (Å²) in [6, 6.07) is 0. The minimum Gasteiger partial charge on any atom is -0.389 e.